The first kappa shape index (κ1) is 20.7. The fourth-order valence-electron chi connectivity index (χ4n) is 4.72. The van der Waals surface area contributed by atoms with Crippen molar-refractivity contribution in [2.75, 3.05) is 57.8 Å². The SMILES string of the molecule is COc1cccc(N2CC[NH+](CC(=O)N3CCC(Cc4ccccc4)CC3)CC2)c1. The molecule has 4 rings (SSSR count). The van der Waals surface area contributed by atoms with Gasteiger partial charge in [-0.05, 0) is 42.9 Å². The smallest absolute Gasteiger partial charge is 0.277 e. The van der Waals surface area contributed by atoms with Crippen LogP contribution in [-0.4, -0.2) is 63.7 Å². The third kappa shape index (κ3) is 5.33. The summed E-state index contributed by atoms with van der Waals surface area (Å²) in [7, 11) is 1.71. The van der Waals surface area contributed by atoms with E-state index in [0.29, 0.717) is 18.4 Å². The van der Waals surface area contributed by atoms with Crippen molar-refractivity contribution in [3.05, 3.63) is 60.2 Å². The van der Waals surface area contributed by atoms with Gasteiger partial charge in [-0.1, -0.05) is 36.4 Å². The van der Waals surface area contributed by atoms with Crippen LogP contribution in [0.4, 0.5) is 5.69 Å². The molecule has 1 amide bonds. The largest absolute Gasteiger partial charge is 0.497 e. The van der Waals surface area contributed by atoms with E-state index in [1.165, 1.54) is 16.2 Å². The van der Waals surface area contributed by atoms with Gasteiger partial charge in [0.1, 0.15) is 5.75 Å². The van der Waals surface area contributed by atoms with Gasteiger partial charge in [0.05, 0.1) is 33.3 Å². The monoisotopic (exact) mass is 408 g/mol. The fraction of sp³-hybridized carbons (Fsp3) is 0.480. The highest BCUT2D eigenvalue weighted by Crippen LogP contribution is 2.22. The van der Waals surface area contributed by atoms with Crippen LogP contribution in [0.25, 0.3) is 0 Å². The first-order chi connectivity index (χ1) is 14.7. The molecule has 2 heterocycles. The summed E-state index contributed by atoms with van der Waals surface area (Å²) in [5.41, 5.74) is 2.63. The van der Waals surface area contributed by atoms with Gasteiger partial charge in [-0.25, -0.2) is 0 Å². The van der Waals surface area contributed by atoms with E-state index in [1.807, 2.05) is 12.1 Å². The zero-order valence-corrected chi connectivity index (χ0v) is 18.1. The Morgan fingerprint density at radius 3 is 2.43 bits per heavy atom. The minimum absolute atomic E-state index is 0.331. The lowest BCUT2D eigenvalue weighted by atomic mass is 9.90. The summed E-state index contributed by atoms with van der Waals surface area (Å²) >= 11 is 0. The maximum Gasteiger partial charge on any atom is 0.277 e. The molecule has 2 aromatic carbocycles. The Balaban J connectivity index is 1.20. The van der Waals surface area contributed by atoms with E-state index in [2.05, 4.69) is 52.3 Å². The van der Waals surface area contributed by atoms with E-state index < -0.39 is 0 Å². The van der Waals surface area contributed by atoms with Gasteiger partial charge in [0.15, 0.2) is 6.54 Å². The average molecular weight is 409 g/mol. The molecular weight excluding hydrogens is 374 g/mol. The number of hydrogen-bond acceptors (Lipinski definition) is 3. The molecule has 0 unspecified atom stereocenters. The number of piperidine rings is 1. The molecule has 160 valence electrons. The Labute approximate surface area is 180 Å². The zero-order valence-electron chi connectivity index (χ0n) is 18.1. The Morgan fingerprint density at radius 2 is 1.73 bits per heavy atom. The molecule has 2 saturated heterocycles. The molecule has 5 nitrogen and oxygen atoms in total. The maximum atomic E-state index is 12.8. The van der Waals surface area contributed by atoms with E-state index in [9.17, 15) is 4.79 Å². The second kappa shape index (κ2) is 9.98. The van der Waals surface area contributed by atoms with Crippen molar-refractivity contribution < 1.29 is 14.4 Å². The van der Waals surface area contributed by atoms with Crippen LogP contribution in [0, 0.1) is 5.92 Å². The van der Waals surface area contributed by atoms with Crippen molar-refractivity contribution in [2.24, 2.45) is 5.92 Å². The van der Waals surface area contributed by atoms with Crippen LogP contribution in [-0.2, 0) is 11.2 Å². The molecule has 0 aromatic heterocycles. The molecule has 30 heavy (non-hydrogen) atoms. The van der Waals surface area contributed by atoms with Crippen LogP contribution in [0.15, 0.2) is 54.6 Å². The quantitative estimate of drug-likeness (QED) is 0.793. The molecule has 0 saturated carbocycles. The number of piperazine rings is 1. The van der Waals surface area contributed by atoms with Crippen molar-refractivity contribution >= 4 is 11.6 Å². The second-order valence-corrected chi connectivity index (χ2v) is 8.63. The molecule has 2 fully saturated rings. The van der Waals surface area contributed by atoms with Gasteiger partial charge in [-0.15, -0.1) is 0 Å². The average Bonchev–Trinajstić information content (AvgIpc) is 2.81. The van der Waals surface area contributed by atoms with Gasteiger partial charge in [-0.2, -0.15) is 0 Å². The lowest BCUT2D eigenvalue weighted by molar-refractivity contribution is -0.892. The Hall–Kier alpha value is -2.53. The molecule has 5 heteroatoms. The molecule has 2 aliphatic heterocycles. The zero-order chi connectivity index (χ0) is 20.8. The van der Waals surface area contributed by atoms with Crippen LogP contribution in [0.5, 0.6) is 5.75 Å². The number of nitrogens with one attached hydrogen (secondary N) is 1. The third-order valence-corrected chi connectivity index (χ3v) is 6.62. The highest BCUT2D eigenvalue weighted by Gasteiger charge is 2.28. The number of amides is 1. The van der Waals surface area contributed by atoms with Gasteiger partial charge in [0.25, 0.3) is 5.91 Å². The number of likely N-dealkylation sites (tertiary alicyclic amines) is 1. The number of rotatable bonds is 6. The van der Waals surface area contributed by atoms with Crippen molar-refractivity contribution in [1.29, 1.82) is 0 Å². The van der Waals surface area contributed by atoms with Gasteiger partial charge < -0.3 is 19.4 Å². The second-order valence-electron chi connectivity index (χ2n) is 8.63. The van der Waals surface area contributed by atoms with Gasteiger partial charge >= 0.3 is 0 Å². The summed E-state index contributed by atoms with van der Waals surface area (Å²) in [6.07, 6.45) is 3.39. The number of carbonyl (C=O) groups excluding carboxylic acids is 1. The standard InChI is InChI=1S/C25H33N3O2/c1-30-24-9-5-8-23(19-24)27-16-14-26(15-17-27)20-25(29)28-12-10-22(11-13-28)18-21-6-3-2-4-7-21/h2-9,19,22H,10-18,20H2,1H3/p+1. The predicted molar refractivity (Wildman–Crippen MR) is 120 cm³/mol. The minimum Gasteiger partial charge on any atom is -0.497 e. The number of methoxy groups -OCH3 is 1. The number of carbonyl (C=O) groups is 1. The van der Waals surface area contributed by atoms with E-state index in [1.54, 1.807) is 7.11 Å². The Morgan fingerprint density at radius 1 is 1.00 bits per heavy atom. The molecule has 1 N–H and O–H groups in total. The van der Waals surface area contributed by atoms with E-state index >= 15 is 0 Å². The summed E-state index contributed by atoms with van der Waals surface area (Å²) in [5.74, 6) is 1.93. The van der Waals surface area contributed by atoms with Gasteiger partial charge in [-0.3, -0.25) is 4.79 Å². The summed E-state index contributed by atoms with van der Waals surface area (Å²) in [6.45, 7) is 6.44. The number of nitrogens with zero attached hydrogens (tertiary/aromatic N) is 2. The Bertz CT molecular complexity index is 810. The van der Waals surface area contributed by atoms with Crippen molar-refractivity contribution in [3.8, 4) is 5.75 Å². The van der Waals surface area contributed by atoms with Crippen molar-refractivity contribution in [2.45, 2.75) is 19.3 Å². The Kier molecular flexibility index (Phi) is 6.90. The van der Waals surface area contributed by atoms with Crippen LogP contribution in [0.2, 0.25) is 0 Å². The number of anilines is 1. The van der Waals surface area contributed by atoms with E-state index in [4.69, 9.17) is 4.74 Å². The van der Waals surface area contributed by atoms with E-state index in [0.717, 1.165) is 64.3 Å². The van der Waals surface area contributed by atoms with Gasteiger partial charge in [0, 0.05) is 24.8 Å². The molecule has 2 aliphatic rings. The first-order valence-corrected chi connectivity index (χ1v) is 11.3. The molecule has 0 spiro atoms. The summed E-state index contributed by atoms with van der Waals surface area (Å²) in [5, 5.41) is 0. The number of benzene rings is 2. The lowest BCUT2D eigenvalue weighted by Crippen LogP contribution is -3.16. The molecule has 0 bridgehead atoms. The minimum atomic E-state index is 0.331. The lowest BCUT2D eigenvalue weighted by Gasteiger charge is -2.36. The number of ether oxygens (including phenoxy) is 1. The summed E-state index contributed by atoms with van der Waals surface area (Å²) in [6, 6.07) is 19.0. The maximum absolute atomic E-state index is 12.8. The van der Waals surface area contributed by atoms with Gasteiger partial charge in [0.2, 0.25) is 0 Å². The summed E-state index contributed by atoms with van der Waals surface area (Å²) < 4.78 is 5.35. The number of hydrogen-bond donors (Lipinski definition) is 1. The normalized spacial score (nSPS) is 18.4. The molecule has 0 aliphatic carbocycles. The topological polar surface area (TPSA) is 37.2 Å². The van der Waals surface area contributed by atoms with Crippen LogP contribution in [0.1, 0.15) is 18.4 Å². The van der Waals surface area contributed by atoms with Crippen LogP contribution in [0.3, 0.4) is 0 Å². The highest BCUT2D eigenvalue weighted by molar-refractivity contribution is 5.77. The van der Waals surface area contributed by atoms with Crippen molar-refractivity contribution in [1.82, 2.24) is 4.90 Å². The molecular formula is C25H34N3O2+. The first-order valence-electron chi connectivity index (χ1n) is 11.3. The third-order valence-electron chi connectivity index (χ3n) is 6.62. The fourth-order valence-corrected chi connectivity index (χ4v) is 4.72. The molecule has 0 atom stereocenters. The highest BCUT2D eigenvalue weighted by atomic mass is 16.5. The molecule has 0 radical (unpaired) electrons. The summed E-state index contributed by atoms with van der Waals surface area (Å²) in [4.78, 5) is 18.7. The predicted octanol–water partition coefficient (Wildman–Crippen LogP) is 1.88. The number of quaternary nitrogens is 1. The van der Waals surface area contributed by atoms with E-state index in [-0.39, 0.29) is 0 Å². The van der Waals surface area contributed by atoms with Crippen molar-refractivity contribution in [3.63, 3.8) is 0 Å². The van der Waals surface area contributed by atoms with Crippen LogP contribution < -0.4 is 14.5 Å². The van der Waals surface area contributed by atoms with Crippen LogP contribution >= 0.6 is 0 Å². The molecule has 2 aromatic rings.